The number of fused-ring (bicyclic) bond motifs is 5. The summed E-state index contributed by atoms with van der Waals surface area (Å²) in [5.41, 5.74) is 10.2. The molecule has 0 N–H and O–H groups in total. The van der Waals surface area contributed by atoms with Crippen molar-refractivity contribution < 1.29 is 9.15 Å². The molecule has 0 radical (unpaired) electrons. The van der Waals surface area contributed by atoms with Gasteiger partial charge in [0.15, 0.2) is 5.58 Å². The van der Waals surface area contributed by atoms with Crippen LogP contribution in [-0.4, -0.2) is 0 Å². The lowest BCUT2D eigenvalue weighted by Crippen LogP contribution is -2.12. The summed E-state index contributed by atoms with van der Waals surface area (Å²) in [6.07, 6.45) is 0. The van der Waals surface area contributed by atoms with Gasteiger partial charge in [-0.05, 0) is 78.4 Å². The van der Waals surface area contributed by atoms with Gasteiger partial charge >= 0.3 is 0 Å². The van der Waals surface area contributed by atoms with Crippen molar-refractivity contribution in [2.75, 3.05) is 9.80 Å². The molecule has 0 aliphatic carbocycles. The Labute approximate surface area is 289 Å². The van der Waals surface area contributed by atoms with Crippen LogP contribution < -0.4 is 14.5 Å². The second-order valence-corrected chi connectivity index (χ2v) is 12.5. The molecule has 4 nitrogen and oxygen atoms in total. The second-order valence-electron chi connectivity index (χ2n) is 12.5. The molecule has 4 heteroatoms. The summed E-state index contributed by atoms with van der Waals surface area (Å²) in [6, 6.07) is 63.4. The number of rotatable bonds is 6. The van der Waals surface area contributed by atoms with E-state index in [-0.39, 0.29) is 0 Å². The van der Waals surface area contributed by atoms with Crippen LogP contribution in [0.25, 0.3) is 43.8 Å². The van der Waals surface area contributed by atoms with Gasteiger partial charge in [-0.15, -0.1) is 0 Å². The Morgan fingerprint density at radius 2 is 0.960 bits per heavy atom. The van der Waals surface area contributed by atoms with Crippen molar-refractivity contribution in [1.29, 1.82) is 0 Å². The van der Waals surface area contributed by atoms with Crippen LogP contribution in [0.1, 0.15) is 0 Å². The summed E-state index contributed by atoms with van der Waals surface area (Å²) in [7, 11) is 0. The van der Waals surface area contributed by atoms with Crippen molar-refractivity contribution in [3.63, 3.8) is 0 Å². The number of ether oxygens (including phenoxy) is 1. The van der Waals surface area contributed by atoms with Crippen molar-refractivity contribution in [3.8, 4) is 22.6 Å². The van der Waals surface area contributed by atoms with Crippen LogP contribution in [-0.2, 0) is 0 Å². The zero-order chi connectivity index (χ0) is 33.0. The molecule has 0 atom stereocenters. The van der Waals surface area contributed by atoms with Crippen LogP contribution in [0.15, 0.2) is 186 Å². The molecule has 8 aromatic carbocycles. The Bertz CT molecular complexity index is 2650. The molecule has 0 unspecified atom stereocenters. The van der Waals surface area contributed by atoms with Gasteiger partial charge in [-0.25, -0.2) is 0 Å². The molecule has 0 saturated carbocycles. The molecule has 1 aliphatic rings. The average Bonchev–Trinajstić information content (AvgIpc) is 3.57. The topological polar surface area (TPSA) is 28.9 Å². The Morgan fingerprint density at radius 3 is 1.70 bits per heavy atom. The first-order chi connectivity index (χ1) is 24.8. The molecular formula is C46H30N2O2. The minimum atomic E-state index is 0.832. The van der Waals surface area contributed by atoms with Crippen LogP contribution in [0.2, 0.25) is 0 Å². The average molecular weight is 643 g/mol. The summed E-state index contributed by atoms with van der Waals surface area (Å²) < 4.78 is 13.4. The predicted octanol–water partition coefficient (Wildman–Crippen LogP) is 13.5. The molecule has 10 rings (SSSR count). The number of hydrogen-bond acceptors (Lipinski definition) is 4. The largest absolute Gasteiger partial charge is 0.456 e. The highest BCUT2D eigenvalue weighted by atomic mass is 16.5. The maximum atomic E-state index is 6.80. The molecule has 1 aliphatic heterocycles. The number of para-hydroxylation sites is 5. The van der Waals surface area contributed by atoms with Gasteiger partial charge in [0, 0.05) is 55.9 Å². The number of furan rings is 1. The van der Waals surface area contributed by atoms with E-state index in [2.05, 4.69) is 168 Å². The third-order valence-electron chi connectivity index (χ3n) is 9.62. The van der Waals surface area contributed by atoms with E-state index in [1.54, 1.807) is 0 Å². The fourth-order valence-electron chi connectivity index (χ4n) is 7.43. The summed E-state index contributed by atoms with van der Waals surface area (Å²) in [6.45, 7) is 0. The van der Waals surface area contributed by atoms with Crippen molar-refractivity contribution in [2.45, 2.75) is 0 Å². The Kier molecular flexibility index (Phi) is 6.46. The molecule has 0 bridgehead atoms. The first-order valence-electron chi connectivity index (χ1n) is 16.9. The molecule has 0 saturated heterocycles. The molecular weight excluding hydrogens is 613 g/mol. The number of benzene rings is 8. The normalized spacial score (nSPS) is 11.8. The second kappa shape index (κ2) is 11.4. The third kappa shape index (κ3) is 4.46. The molecule has 1 aromatic heterocycles. The van der Waals surface area contributed by atoms with Gasteiger partial charge in [0.05, 0.1) is 11.4 Å². The van der Waals surface area contributed by atoms with Crippen molar-refractivity contribution in [3.05, 3.63) is 182 Å². The Morgan fingerprint density at radius 1 is 0.360 bits per heavy atom. The zero-order valence-electron chi connectivity index (χ0n) is 27.0. The minimum Gasteiger partial charge on any atom is -0.456 e. The molecule has 50 heavy (non-hydrogen) atoms. The molecule has 236 valence electrons. The summed E-state index contributed by atoms with van der Waals surface area (Å²) in [5, 5.41) is 4.39. The highest BCUT2D eigenvalue weighted by Gasteiger charge is 2.26. The molecule has 0 fully saturated rings. The SMILES string of the molecule is c1ccc(N(c2ccccc2)c2ccc3c(c2)Oc2cccc4c(N(c5ccccc5)c5cccc6c5oc5ccccc56)ccc-3c24)cc1. The highest BCUT2D eigenvalue weighted by Crippen LogP contribution is 2.52. The fraction of sp³-hybridized carbons (Fsp3) is 0. The standard InChI is InChI=1S/C46H30N2O2/c1-4-14-31(15-5-1)47(32-16-6-2-7-17-32)34-26-27-36-37-28-29-40(39-22-13-25-43(45(37)39)49-44(36)30-34)48(33-18-8-3-9-19-33)41-23-12-21-38-35-20-10-11-24-42(35)50-46(38)41/h1-30H. The van der Waals surface area contributed by atoms with Gasteiger partial charge in [-0.3, -0.25) is 0 Å². The van der Waals surface area contributed by atoms with E-state index in [1.807, 2.05) is 24.3 Å². The van der Waals surface area contributed by atoms with E-state index in [0.717, 1.165) is 89.5 Å². The van der Waals surface area contributed by atoms with Gasteiger partial charge in [0.25, 0.3) is 0 Å². The van der Waals surface area contributed by atoms with Crippen LogP contribution in [0.4, 0.5) is 34.1 Å². The lowest BCUT2D eigenvalue weighted by molar-refractivity contribution is 0.487. The molecule has 9 aromatic rings. The minimum absolute atomic E-state index is 0.832. The first kappa shape index (κ1) is 28.3. The number of hydrogen-bond donors (Lipinski definition) is 0. The van der Waals surface area contributed by atoms with E-state index in [4.69, 9.17) is 9.15 Å². The van der Waals surface area contributed by atoms with E-state index in [0.29, 0.717) is 0 Å². The van der Waals surface area contributed by atoms with E-state index >= 15 is 0 Å². The molecule has 2 heterocycles. The van der Waals surface area contributed by atoms with Crippen LogP contribution >= 0.6 is 0 Å². The summed E-state index contributed by atoms with van der Waals surface area (Å²) >= 11 is 0. The lowest BCUT2D eigenvalue weighted by Gasteiger charge is -2.30. The van der Waals surface area contributed by atoms with Crippen molar-refractivity contribution in [1.82, 2.24) is 0 Å². The summed E-state index contributed by atoms with van der Waals surface area (Å²) in [5.74, 6) is 1.67. The zero-order valence-corrected chi connectivity index (χ0v) is 27.0. The van der Waals surface area contributed by atoms with Gasteiger partial charge in [-0.2, -0.15) is 0 Å². The Balaban J connectivity index is 1.15. The lowest BCUT2D eigenvalue weighted by atomic mass is 9.93. The van der Waals surface area contributed by atoms with E-state index in [1.165, 1.54) is 0 Å². The van der Waals surface area contributed by atoms with Gasteiger partial charge in [0.2, 0.25) is 0 Å². The molecule has 0 spiro atoms. The highest BCUT2D eigenvalue weighted by molar-refractivity contribution is 6.14. The van der Waals surface area contributed by atoms with Crippen molar-refractivity contribution >= 4 is 66.8 Å². The van der Waals surface area contributed by atoms with Gasteiger partial charge < -0.3 is 19.0 Å². The Hall–Kier alpha value is -6.78. The maximum Gasteiger partial charge on any atom is 0.159 e. The smallest absolute Gasteiger partial charge is 0.159 e. The number of anilines is 6. The molecule has 0 amide bonds. The van der Waals surface area contributed by atoms with Crippen LogP contribution in [0.3, 0.4) is 0 Å². The first-order valence-corrected chi connectivity index (χ1v) is 16.9. The van der Waals surface area contributed by atoms with Crippen LogP contribution in [0, 0.1) is 0 Å². The predicted molar refractivity (Wildman–Crippen MR) is 206 cm³/mol. The van der Waals surface area contributed by atoms with Crippen molar-refractivity contribution in [2.24, 2.45) is 0 Å². The van der Waals surface area contributed by atoms with Gasteiger partial charge in [0.1, 0.15) is 17.1 Å². The maximum absolute atomic E-state index is 6.80. The van der Waals surface area contributed by atoms with E-state index in [9.17, 15) is 0 Å². The summed E-state index contributed by atoms with van der Waals surface area (Å²) in [4.78, 5) is 4.57. The monoisotopic (exact) mass is 642 g/mol. The number of nitrogens with zero attached hydrogens (tertiary/aromatic N) is 2. The quantitative estimate of drug-likeness (QED) is 0.180. The third-order valence-corrected chi connectivity index (χ3v) is 9.62. The van der Waals surface area contributed by atoms with Crippen LogP contribution in [0.5, 0.6) is 11.5 Å². The fourth-order valence-corrected chi connectivity index (χ4v) is 7.43. The van der Waals surface area contributed by atoms with E-state index < -0.39 is 0 Å². The van der Waals surface area contributed by atoms with Gasteiger partial charge in [-0.1, -0.05) is 103 Å².